The van der Waals surface area contributed by atoms with Crippen LogP contribution in [0, 0.1) is 0 Å². The SMILES string of the molecule is CO[C@@H]1CCCOC12CCN(C(=O)c1ccc(-c3ncn[nH]3)cc1)CC2. The Labute approximate surface area is 152 Å². The third-order valence-electron chi connectivity index (χ3n) is 5.59. The summed E-state index contributed by atoms with van der Waals surface area (Å²) in [5.41, 5.74) is 1.38. The number of aromatic amines is 1. The average molecular weight is 356 g/mol. The molecule has 7 heteroatoms. The maximum atomic E-state index is 12.8. The first-order valence-corrected chi connectivity index (χ1v) is 9.14. The number of benzene rings is 1. The van der Waals surface area contributed by atoms with E-state index >= 15 is 0 Å². The van der Waals surface area contributed by atoms with Crippen LogP contribution in [0.15, 0.2) is 30.6 Å². The van der Waals surface area contributed by atoms with Gasteiger partial charge in [-0.25, -0.2) is 4.98 Å². The lowest BCUT2D eigenvalue weighted by atomic mass is 9.81. The van der Waals surface area contributed by atoms with Crippen molar-refractivity contribution in [3.63, 3.8) is 0 Å². The highest BCUT2D eigenvalue weighted by molar-refractivity contribution is 5.94. The Hall–Kier alpha value is -2.25. The Morgan fingerprint density at radius 3 is 2.73 bits per heavy atom. The predicted octanol–water partition coefficient (Wildman–Crippen LogP) is 2.27. The Kier molecular flexibility index (Phi) is 4.74. The Morgan fingerprint density at radius 2 is 2.08 bits per heavy atom. The molecule has 138 valence electrons. The highest BCUT2D eigenvalue weighted by atomic mass is 16.5. The summed E-state index contributed by atoms with van der Waals surface area (Å²) >= 11 is 0. The summed E-state index contributed by atoms with van der Waals surface area (Å²) in [5.74, 6) is 0.762. The molecule has 3 heterocycles. The summed E-state index contributed by atoms with van der Waals surface area (Å²) in [5, 5.41) is 6.68. The number of hydrogen-bond donors (Lipinski definition) is 1. The zero-order valence-corrected chi connectivity index (χ0v) is 15.0. The van der Waals surface area contributed by atoms with Gasteiger partial charge in [-0.1, -0.05) is 12.1 Å². The summed E-state index contributed by atoms with van der Waals surface area (Å²) in [6, 6.07) is 7.48. The summed E-state index contributed by atoms with van der Waals surface area (Å²) in [4.78, 5) is 18.9. The quantitative estimate of drug-likeness (QED) is 0.912. The van der Waals surface area contributed by atoms with Gasteiger partial charge in [0.05, 0.1) is 11.7 Å². The fraction of sp³-hybridized carbons (Fsp3) is 0.526. The number of hydrogen-bond acceptors (Lipinski definition) is 5. The van der Waals surface area contributed by atoms with Gasteiger partial charge in [-0.15, -0.1) is 0 Å². The zero-order chi connectivity index (χ0) is 18.0. The molecule has 1 N–H and O–H groups in total. The van der Waals surface area contributed by atoms with E-state index in [2.05, 4.69) is 15.2 Å². The fourth-order valence-electron chi connectivity index (χ4n) is 4.09. The summed E-state index contributed by atoms with van der Waals surface area (Å²) in [6.45, 7) is 2.18. The molecule has 1 aromatic heterocycles. The average Bonchev–Trinajstić information content (AvgIpc) is 3.23. The maximum absolute atomic E-state index is 12.8. The zero-order valence-electron chi connectivity index (χ0n) is 15.0. The number of piperidine rings is 1. The van der Waals surface area contributed by atoms with E-state index in [0.29, 0.717) is 24.5 Å². The molecule has 0 bridgehead atoms. The Balaban J connectivity index is 1.42. The normalized spacial score (nSPS) is 22.5. The van der Waals surface area contributed by atoms with E-state index in [1.54, 1.807) is 7.11 Å². The standard InChI is InChI=1S/C19H24N4O3/c1-25-16-3-2-12-26-19(16)8-10-23(11-9-19)18(24)15-6-4-14(5-7-15)17-20-13-21-22-17/h4-7,13,16H,2-3,8-12H2,1H3,(H,20,21,22)/t16-/m1/s1. The number of ether oxygens (including phenoxy) is 2. The van der Waals surface area contributed by atoms with Crippen molar-refractivity contribution < 1.29 is 14.3 Å². The first-order chi connectivity index (χ1) is 12.7. The number of nitrogens with zero attached hydrogens (tertiary/aromatic N) is 3. The van der Waals surface area contributed by atoms with E-state index in [-0.39, 0.29) is 17.6 Å². The van der Waals surface area contributed by atoms with Crippen molar-refractivity contribution in [3.8, 4) is 11.4 Å². The number of carbonyl (C=O) groups excluding carboxylic acids is 1. The molecule has 2 aliphatic rings. The molecule has 1 amide bonds. The van der Waals surface area contributed by atoms with Crippen molar-refractivity contribution in [2.75, 3.05) is 26.8 Å². The van der Waals surface area contributed by atoms with Gasteiger partial charge in [0, 0.05) is 37.9 Å². The summed E-state index contributed by atoms with van der Waals surface area (Å²) < 4.78 is 11.8. The summed E-state index contributed by atoms with van der Waals surface area (Å²) in [7, 11) is 1.76. The van der Waals surface area contributed by atoms with Gasteiger partial charge < -0.3 is 14.4 Å². The Morgan fingerprint density at radius 1 is 1.31 bits per heavy atom. The second-order valence-electron chi connectivity index (χ2n) is 6.98. The van der Waals surface area contributed by atoms with Crippen molar-refractivity contribution in [2.45, 2.75) is 37.4 Å². The van der Waals surface area contributed by atoms with E-state index in [9.17, 15) is 4.79 Å². The van der Waals surface area contributed by atoms with E-state index in [1.807, 2.05) is 29.2 Å². The van der Waals surface area contributed by atoms with Crippen LogP contribution in [0.1, 0.15) is 36.0 Å². The smallest absolute Gasteiger partial charge is 0.253 e. The Bertz CT molecular complexity index is 737. The van der Waals surface area contributed by atoms with Crippen molar-refractivity contribution in [1.82, 2.24) is 20.1 Å². The third-order valence-corrected chi connectivity index (χ3v) is 5.59. The predicted molar refractivity (Wildman–Crippen MR) is 95.7 cm³/mol. The van der Waals surface area contributed by atoms with Crippen LogP contribution in [0.3, 0.4) is 0 Å². The minimum atomic E-state index is -0.222. The number of aromatic nitrogens is 3. The van der Waals surface area contributed by atoms with Crippen molar-refractivity contribution in [2.24, 2.45) is 0 Å². The van der Waals surface area contributed by atoms with Gasteiger partial charge >= 0.3 is 0 Å². The molecule has 2 saturated heterocycles. The molecule has 1 atom stereocenters. The molecule has 1 spiro atoms. The van der Waals surface area contributed by atoms with Gasteiger partial charge in [-0.05, 0) is 37.8 Å². The van der Waals surface area contributed by atoms with E-state index in [0.717, 1.165) is 37.9 Å². The highest BCUT2D eigenvalue weighted by Crippen LogP contribution is 2.37. The molecular weight excluding hydrogens is 332 g/mol. The highest BCUT2D eigenvalue weighted by Gasteiger charge is 2.45. The van der Waals surface area contributed by atoms with Gasteiger partial charge in [0.15, 0.2) is 5.82 Å². The monoisotopic (exact) mass is 356 g/mol. The van der Waals surface area contributed by atoms with Crippen LogP contribution < -0.4 is 0 Å². The van der Waals surface area contributed by atoms with Gasteiger partial charge in [0.1, 0.15) is 6.33 Å². The molecule has 0 aliphatic carbocycles. The molecule has 2 aliphatic heterocycles. The lowest BCUT2D eigenvalue weighted by Gasteiger charge is -2.48. The molecule has 7 nitrogen and oxygen atoms in total. The molecule has 4 rings (SSSR count). The van der Waals surface area contributed by atoms with E-state index < -0.39 is 0 Å². The lowest BCUT2D eigenvalue weighted by Crippen LogP contribution is -2.56. The van der Waals surface area contributed by atoms with Gasteiger partial charge in [-0.3, -0.25) is 9.89 Å². The minimum Gasteiger partial charge on any atom is -0.378 e. The molecular formula is C19H24N4O3. The number of rotatable bonds is 3. The van der Waals surface area contributed by atoms with Crippen LogP contribution in [0.25, 0.3) is 11.4 Å². The molecule has 0 radical (unpaired) electrons. The number of likely N-dealkylation sites (tertiary alicyclic amines) is 1. The van der Waals surface area contributed by atoms with Crippen LogP contribution in [0.4, 0.5) is 0 Å². The van der Waals surface area contributed by atoms with Crippen molar-refractivity contribution in [1.29, 1.82) is 0 Å². The van der Waals surface area contributed by atoms with Crippen molar-refractivity contribution in [3.05, 3.63) is 36.2 Å². The minimum absolute atomic E-state index is 0.0637. The van der Waals surface area contributed by atoms with Crippen LogP contribution in [-0.2, 0) is 9.47 Å². The number of nitrogens with one attached hydrogen (secondary N) is 1. The van der Waals surface area contributed by atoms with Crippen LogP contribution in [-0.4, -0.2) is 64.5 Å². The summed E-state index contributed by atoms with van der Waals surface area (Å²) in [6.07, 6.45) is 5.34. The molecule has 2 aromatic rings. The van der Waals surface area contributed by atoms with Gasteiger partial charge in [-0.2, -0.15) is 5.10 Å². The maximum Gasteiger partial charge on any atom is 0.253 e. The number of H-pyrrole nitrogens is 1. The fourth-order valence-corrected chi connectivity index (χ4v) is 4.09. The topological polar surface area (TPSA) is 80.3 Å². The van der Waals surface area contributed by atoms with Gasteiger partial charge in [0.25, 0.3) is 5.91 Å². The van der Waals surface area contributed by atoms with E-state index in [4.69, 9.17) is 9.47 Å². The number of carbonyl (C=O) groups is 1. The molecule has 2 fully saturated rings. The first-order valence-electron chi connectivity index (χ1n) is 9.14. The van der Waals surface area contributed by atoms with Crippen LogP contribution in [0.5, 0.6) is 0 Å². The van der Waals surface area contributed by atoms with E-state index in [1.165, 1.54) is 6.33 Å². The third kappa shape index (κ3) is 3.12. The molecule has 0 saturated carbocycles. The van der Waals surface area contributed by atoms with Gasteiger partial charge in [0.2, 0.25) is 0 Å². The molecule has 0 unspecified atom stereocenters. The van der Waals surface area contributed by atoms with Crippen molar-refractivity contribution >= 4 is 5.91 Å². The van der Waals surface area contributed by atoms with Crippen LogP contribution >= 0.6 is 0 Å². The largest absolute Gasteiger partial charge is 0.378 e. The molecule has 26 heavy (non-hydrogen) atoms. The van der Waals surface area contributed by atoms with Crippen LogP contribution in [0.2, 0.25) is 0 Å². The second kappa shape index (κ2) is 7.17. The number of methoxy groups -OCH3 is 1. The molecule has 1 aromatic carbocycles. The second-order valence-corrected chi connectivity index (χ2v) is 6.98. The first kappa shape index (κ1) is 17.2. The number of amides is 1. The lowest BCUT2D eigenvalue weighted by molar-refractivity contribution is -0.183.